The average molecular weight is 419 g/mol. The second-order valence-corrected chi connectivity index (χ2v) is 8.13. The minimum atomic E-state index is -4.69. The lowest BCUT2D eigenvalue weighted by molar-refractivity contribution is -0.137. The smallest absolute Gasteiger partial charge is 0.278 e. The SMILES string of the molecule is CC(C)n1ncc2cc(NS(=O)(=O)c3cc(C(F)(F)F)ccc3Cl)cnc21. The van der Waals surface area contributed by atoms with E-state index in [2.05, 4.69) is 14.8 Å². The third kappa shape index (κ3) is 3.86. The standard InChI is InChI=1S/C16H14ClF3N4O2S/c1-9(2)24-15-10(7-22-24)5-12(8-21-15)23-27(25,26)14-6-11(16(18,19)20)3-4-13(14)17/h3-9,23H,1-2H3. The molecule has 11 heteroatoms. The first kappa shape index (κ1) is 19.4. The maximum atomic E-state index is 12.9. The number of fused-ring (bicyclic) bond motifs is 1. The fourth-order valence-corrected chi connectivity index (χ4v) is 4.03. The lowest BCUT2D eigenvalue weighted by Gasteiger charge is -2.13. The number of sulfonamides is 1. The number of pyridine rings is 1. The number of nitrogens with one attached hydrogen (secondary N) is 1. The number of anilines is 1. The van der Waals surface area contributed by atoms with Crippen LogP contribution in [0.2, 0.25) is 5.02 Å². The number of halogens is 4. The molecular formula is C16H14ClF3N4O2S. The highest BCUT2D eigenvalue weighted by atomic mass is 35.5. The van der Waals surface area contributed by atoms with E-state index in [-0.39, 0.29) is 16.8 Å². The van der Waals surface area contributed by atoms with E-state index in [0.29, 0.717) is 17.1 Å². The van der Waals surface area contributed by atoms with E-state index >= 15 is 0 Å². The van der Waals surface area contributed by atoms with Gasteiger partial charge in [-0.25, -0.2) is 18.1 Å². The molecular weight excluding hydrogens is 405 g/mol. The van der Waals surface area contributed by atoms with Crippen LogP contribution in [-0.4, -0.2) is 23.2 Å². The van der Waals surface area contributed by atoms with Crippen LogP contribution in [0.25, 0.3) is 11.0 Å². The molecule has 0 atom stereocenters. The number of aromatic nitrogens is 3. The van der Waals surface area contributed by atoms with E-state index < -0.39 is 26.7 Å². The average Bonchev–Trinajstić information content (AvgIpc) is 2.96. The molecule has 0 fully saturated rings. The number of alkyl halides is 3. The second-order valence-electron chi connectivity index (χ2n) is 6.07. The number of benzene rings is 1. The van der Waals surface area contributed by atoms with Crippen molar-refractivity contribution in [3.05, 3.63) is 47.2 Å². The van der Waals surface area contributed by atoms with E-state index in [9.17, 15) is 21.6 Å². The van der Waals surface area contributed by atoms with Gasteiger partial charge in [0.15, 0.2) is 5.65 Å². The van der Waals surface area contributed by atoms with Crippen LogP contribution in [0.1, 0.15) is 25.5 Å². The molecule has 2 heterocycles. The molecule has 0 aliphatic heterocycles. The van der Waals surface area contributed by atoms with Gasteiger partial charge in [0, 0.05) is 11.4 Å². The van der Waals surface area contributed by atoms with Crippen molar-refractivity contribution in [3.63, 3.8) is 0 Å². The van der Waals surface area contributed by atoms with E-state index in [0.717, 1.165) is 12.1 Å². The van der Waals surface area contributed by atoms with Gasteiger partial charge in [-0.2, -0.15) is 18.3 Å². The molecule has 0 spiro atoms. The third-order valence-electron chi connectivity index (χ3n) is 3.72. The summed E-state index contributed by atoms with van der Waals surface area (Å²) in [6.45, 7) is 3.83. The molecule has 0 aliphatic rings. The largest absolute Gasteiger partial charge is 0.416 e. The van der Waals surface area contributed by atoms with Gasteiger partial charge in [-0.3, -0.25) is 4.72 Å². The quantitative estimate of drug-likeness (QED) is 0.677. The van der Waals surface area contributed by atoms with Crippen LogP contribution in [0, 0.1) is 0 Å². The maximum Gasteiger partial charge on any atom is 0.416 e. The molecule has 2 aromatic heterocycles. The second kappa shape index (κ2) is 6.68. The predicted molar refractivity (Wildman–Crippen MR) is 95.2 cm³/mol. The minimum Gasteiger partial charge on any atom is -0.278 e. The molecule has 1 aromatic carbocycles. The van der Waals surface area contributed by atoms with Crippen molar-refractivity contribution in [2.24, 2.45) is 0 Å². The summed E-state index contributed by atoms with van der Waals surface area (Å²) < 4.78 is 67.6. The van der Waals surface area contributed by atoms with Gasteiger partial charge in [-0.1, -0.05) is 11.6 Å². The highest BCUT2D eigenvalue weighted by Crippen LogP contribution is 2.34. The molecule has 3 aromatic rings. The first-order chi connectivity index (χ1) is 12.5. The van der Waals surface area contributed by atoms with Crippen LogP contribution in [-0.2, 0) is 16.2 Å². The topological polar surface area (TPSA) is 76.9 Å². The Labute approximate surface area is 158 Å². The molecule has 3 rings (SSSR count). The van der Waals surface area contributed by atoms with Crippen molar-refractivity contribution >= 4 is 38.3 Å². The molecule has 0 saturated carbocycles. The van der Waals surface area contributed by atoms with E-state index in [4.69, 9.17) is 11.6 Å². The van der Waals surface area contributed by atoms with Crippen molar-refractivity contribution < 1.29 is 21.6 Å². The Balaban J connectivity index is 1.99. The van der Waals surface area contributed by atoms with Gasteiger partial charge in [-0.15, -0.1) is 0 Å². The minimum absolute atomic E-state index is 0.0569. The Morgan fingerprint density at radius 3 is 2.52 bits per heavy atom. The third-order valence-corrected chi connectivity index (χ3v) is 5.59. The van der Waals surface area contributed by atoms with E-state index in [1.807, 2.05) is 13.8 Å². The summed E-state index contributed by atoms with van der Waals surface area (Å²) in [5, 5.41) is 4.43. The molecule has 6 nitrogen and oxygen atoms in total. The molecule has 27 heavy (non-hydrogen) atoms. The van der Waals surface area contributed by atoms with E-state index in [1.165, 1.54) is 18.5 Å². The van der Waals surface area contributed by atoms with Crippen molar-refractivity contribution in [3.8, 4) is 0 Å². The summed E-state index contributed by atoms with van der Waals surface area (Å²) in [5.41, 5.74) is -0.469. The Bertz CT molecular complexity index is 1110. The fourth-order valence-electron chi connectivity index (χ4n) is 2.47. The monoisotopic (exact) mass is 418 g/mol. The first-order valence-corrected chi connectivity index (χ1v) is 9.58. The lowest BCUT2D eigenvalue weighted by atomic mass is 10.2. The predicted octanol–water partition coefficient (Wildman–Crippen LogP) is 4.49. The van der Waals surface area contributed by atoms with Crippen LogP contribution >= 0.6 is 11.6 Å². The van der Waals surface area contributed by atoms with Crippen LogP contribution in [0.5, 0.6) is 0 Å². The summed E-state index contributed by atoms with van der Waals surface area (Å²) in [6, 6.07) is 3.66. The molecule has 0 unspecified atom stereocenters. The van der Waals surface area contributed by atoms with Crippen LogP contribution in [0.3, 0.4) is 0 Å². The van der Waals surface area contributed by atoms with Crippen LogP contribution < -0.4 is 4.72 Å². The van der Waals surface area contributed by atoms with Gasteiger partial charge in [0.1, 0.15) is 4.90 Å². The number of hydrogen-bond acceptors (Lipinski definition) is 4. The maximum absolute atomic E-state index is 12.9. The molecule has 0 amide bonds. The summed E-state index contributed by atoms with van der Waals surface area (Å²) in [5.74, 6) is 0. The summed E-state index contributed by atoms with van der Waals surface area (Å²) in [6.07, 6.45) is -1.90. The van der Waals surface area contributed by atoms with Crippen molar-refractivity contribution in [1.29, 1.82) is 0 Å². The molecule has 144 valence electrons. The Morgan fingerprint density at radius 1 is 1.19 bits per heavy atom. The number of rotatable bonds is 4. The van der Waals surface area contributed by atoms with Crippen molar-refractivity contribution in [1.82, 2.24) is 14.8 Å². The zero-order valence-electron chi connectivity index (χ0n) is 14.1. The molecule has 1 N–H and O–H groups in total. The summed E-state index contributed by atoms with van der Waals surface area (Å²) in [7, 11) is -4.35. The Hall–Kier alpha value is -2.33. The molecule has 0 saturated heterocycles. The lowest BCUT2D eigenvalue weighted by Crippen LogP contribution is -2.15. The van der Waals surface area contributed by atoms with Gasteiger partial charge < -0.3 is 0 Å². The van der Waals surface area contributed by atoms with Gasteiger partial charge in [0.05, 0.1) is 28.7 Å². The zero-order valence-corrected chi connectivity index (χ0v) is 15.7. The van der Waals surface area contributed by atoms with Gasteiger partial charge in [-0.05, 0) is 38.1 Å². The number of nitrogens with zero attached hydrogens (tertiary/aromatic N) is 3. The zero-order chi connectivity index (χ0) is 20.0. The number of hydrogen-bond donors (Lipinski definition) is 1. The summed E-state index contributed by atoms with van der Waals surface area (Å²) in [4.78, 5) is 3.51. The van der Waals surface area contributed by atoms with Crippen molar-refractivity contribution in [2.45, 2.75) is 31.0 Å². The molecule has 0 bridgehead atoms. The first-order valence-electron chi connectivity index (χ1n) is 7.72. The Morgan fingerprint density at radius 2 is 1.89 bits per heavy atom. The van der Waals surface area contributed by atoms with Crippen molar-refractivity contribution in [2.75, 3.05) is 4.72 Å². The molecule has 0 radical (unpaired) electrons. The molecule has 0 aliphatic carbocycles. The van der Waals surface area contributed by atoms with E-state index in [1.54, 1.807) is 4.68 Å². The van der Waals surface area contributed by atoms with Crippen LogP contribution in [0.4, 0.5) is 18.9 Å². The van der Waals surface area contributed by atoms with Gasteiger partial charge in [0.2, 0.25) is 0 Å². The van der Waals surface area contributed by atoms with Gasteiger partial charge in [0.25, 0.3) is 10.0 Å². The highest BCUT2D eigenvalue weighted by Gasteiger charge is 2.32. The fraction of sp³-hybridized carbons (Fsp3) is 0.250. The summed E-state index contributed by atoms with van der Waals surface area (Å²) >= 11 is 5.81. The van der Waals surface area contributed by atoms with Crippen LogP contribution in [0.15, 0.2) is 41.6 Å². The van der Waals surface area contributed by atoms with Gasteiger partial charge >= 0.3 is 6.18 Å². The highest BCUT2D eigenvalue weighted by molar-refractivity contribution is 7.92. The Kier molecular flexibility index (Phi) is 4.81. The normalized spacial score (nSPS) is 12.7.